The van der Waals surface area contributed by atoms with Crippen molar-refractivity contribution >= 4 is 22.9 Å². The van der Waals surface area contributed by atoms with Gasteiger partial charge in [0, 0.05) is 18.0 Å². The first kappa shape index (κ1) is 14.3. The molecular formula is C14H18N4OS. The predicted molar refractivity (Wildman–Crippen MR) is 82.6 cm³/mol. The molecule has 0 saturated carbocycles. The largest absolute Gasteiger partial charge is 0.409 e. The average Bonchev–Trinajstić information content (AvgIpc) is 2.82. The second-order valence-electron chi connectivity index (χ2n) is 4.67. The average molecular weight is 290 g/mol. The zero-order valence-corrected chi connectivity index (χ0v) is 12.6. The maximum absolute atomic E-state index is 8.91. The van der Waals surface area contributed by atoms with Crippen molar-refractivity contribution in [3.63, 3.8) is 0 Å². The Bertz CT molecular complexity index is 636. The van der Waals surface area contributed by atoms with Gasteiger partial charge in [-0.3, -0.25) is 0 Å². The van der Waals surface area contributed by atoms with Gasteiger partial charge in [0.1, 0.15) is 0 Å². The fourth-order valence-electron chi connectivity index (χ4n) is 2.23. The molecule has 0 bridgehead atoms. The van der Waals surface area contributed by atoms with Crippen LogP contribution in [0, 0.1) is 13.8 Å². The monoisotopic (exact) mass is 290 g/mol. The Labute approximate surface area is 122 Å². The summed E-state index contributed by atoms with van der Waals surface area (Å²) in [6.07, 6.45) is 0. The molecule has 0 aliphatic carbocycles. The summed E-state index contributed by atoms with van der Waals surface area (Å²) < 4.78 is 0. The van der Waals surface area contributed by atoms with E-state index in [2.05, 4.69) is 15.0 Å². The van der Waals surface area contributed by atoms with E-state index >= 15 is 0 Å². The van der Waals surface area contributed by atoms with Crippen LogP contribution in [0.1, 0.15) is 21.8 Å². The van der Waals surface area contributed by atoms with Gasteiger partial charge in [-0.15, -0.1) is 11.3 Å². The summed E-state index contributed by atoms with van der Waals surface area (Å²) in [5.74, 6) is 0.116. The van der Waals surface area contributed by atoms with Crippen molar-refractivity contribution in [3.8, 4) is 0 Å². The quantitative estimate of drug-likeness (QED) is 0.392. The van der Waals surface area contributed by atoms with Crippen LogP contribution in [0.4, 0.5) is 5.69 Å². The van der Waals surface area contributed by atoms with Crippen LogP contribution in [0.5, 0.6) is 0 Å². The normalized spacial score (nSPS) is 11.7. The maximum Gasteiger partial charge on any atom is 0.172 e. The van der Waals surface area contributed by atoms with Crippen molar-refractivity contribution in [1.29, 1.82) is 0 Å². The van der Waals surface area contributed by atoms with Crippen molar-refractivity contribution in [3.05, 3.63) is 45.4 Å². The molecule has 20 heavy (non-hydrogen) atoms. The Hall–Kier alpha value is -2.08. The van der Waals surface area contributed by atoms with Crippen LogP contribution in [0.3, 0.4) is 0 Å². The van der Waals surface area contributed by atoms with E-state index in [4.69, 9.17) is 10.9 Å². The van der Waals surface area contributed by atoms with E-state index in [9.17, 15) is 0 Å². The van der Waals surface area contributed by atoms with Gasteiger partial charge in [-0.05, 0) is 25.5 Å². The number of hydrogen-bond acceptors (Lipinski definition) is 5. The number of nitrogens with zero attached hydrogens (tertiary/aromatic N) is 3. The number of aromatic nitrogens is 1. The first-order valence-electron chi connectivity index (χ1n) is 6.22. The van der Waals surface area contributed by atoms with Gasteiger partial charge in [-0.25, -0.2) is 4.98 Å². The van der Waals surface area contributed by atoms with Crippen molar-refractivity contribution < 1.29 is 5.21 Å². The molecule has 0 aliphatic heterocycles. The molecule has 1 heterocycles. The van der Waals surface area contributed by atoms with Crippen LogP contribution in [0.2, 0.25) is 0 Å². The van der Waals surface area contributed by atoms with Crippen LogP contribution in [0.25, 0.3) is 0 Å². The molecule has 0 spiro atoms. The van der Waals surface area contributed by atoms with Crippen molar-refractivity contribution in [2.75, 3.05) is 11.9 Å². The Kier molecular flexibility index (Phi) is 4.24. The lowest BCUT2D eigenvalue weighted by Gasteiger charge is -2.23. The number of aryl methyl sites for hydroxylation is 2. The van der Waals surface area contributed by atoms with Gasteiger partial charge in [-0.2, -0.15) is 0 Å². The number of benzene rings is 1. The highest BCUT2D eigenvalue weighted by Crippen LogP contribution is 2.25. The van der Waals surface area contributed by atoms with E-state index < -0.39 is 0 Å². The third-order valence-electron chi connectivity index (χ3n) is 3.07. The molecule has 2 rings (SSSR count). The van der Waals surface area contributed by atoms with E-state index in [1.54, 1.807) is 11.3 Å². The topological polar surface area (TPSA) is 74.7 Å². The molecule has 0 fully saturated rings. The Morgan fingerprint density at radius 1 is 1.45 bits per heavy atom. The first-order chi connectivity index (χ1) is 9.52. The SMILES string of the molecule is Cc1nc(CN(C)c2c(C)cccc2/C(N)=N/O)cs1. The molecule has 106 valence electrons. The summed E-state index contributed by atoms with van der Waals surface area (Å²) in [5.41, 5.74) is 9.53. The minimum Gasteiger partial charge on any atom is -0.409 e. The lowest BCUT2D eigenvalue weighted by Crippen LogP contribution is -2.23. The van der Waals surface area contributed by atoms with Crippen molar-refractivity contribution in [1.82, 2.24) is 4.98 Å². The Balaban J connectivity index is 2.36. The molecule has 0 radical (unpaired) electrons. The number of oxime groups is 1. The number of hydrogen-bond donors (Lipinski definition) is 2. The van der Waals surface area contributed by atoms with E-state index in [1.165, 1.54) is 0 Å². The van der Waals surface area contributed by atoms with Gasteiger partial charge in [0.05, 0.1) is 22.9 Å². The van der Waals surface area contributed by atoms with Gasteiger partial charge < -0.3 is 15.8 Å². The molecule has 1 aromatic heterocycles. The molecule has 3 N–H and O–H groups in total. The van der Waals surface area contributed by atoms with Crippen LogP contribution in [0.15, 0.2) is 28.7 Å². The number of anilines is 1. The number of rotatable bonds is 4. The van der Waals surface area contributed by atoms with Gasteiger partial charge >= 0.3 is 0 Å². The summed E-state index contributed by atoms with van der Waals surface area (Å²) >= 11 is 1.63. The lowest BCUT2D eigenvalue weighted by molar-refractivity contribution is 0.318. The van der Waals surface area contributed by atoms with E-state index in [1.807, 2.05) is 44.5 Å². The number of amidine groups is 1. The van der Waals surface area contributed by atoms with E-state index in [-0.39, 0.29) is 5.84 Å². The summed E-state index contributed by atoms with van der Waals surface area (Å²) in [6, 6.07) is 5.75. The van der Waals surface area contributed by atoms with Gasteiger partial charge in [-0.1, -0.05) is 17.3 Å². The number of nitrogens with two attached hydrogens (primary N) is 1. The van der Waals surface area contributed by atoms with Gasteiger partial charge in [0.15, 0.2) is 5.84 Å². The van der Waals surface area contributed by atoms with E-state index in [0.29, 0.717) is 6.54 Å². The van der Waals surface area contributed by atoms with Crippen LogP contribution < -0.4 is 10.6 Å². The molecule has 6 heteroatoms. The Morgan fingerprint density at radius 2 is 2.20 bits per heavy atom. The standard InChI is InChI=1S/C14H18N4OS/c1-9-5-4-6-12(14(15)17-19)13(9)18(3)7-11-8-20-10(2)16-11/h4-6,8,19H,7H2,1-3H3,(H2,15,17). The molecule has 1 aromatic carbocycles. The number of thiazole rings is 1. The van der Waals surface area contributed by atoms with E-state index in [0.717, 1.165) is 27.5 Å². The minimum atomic E-state index is 0.116. The third-order valence-corrected chi connectivity index (χ3v) is 3.89. The van der Waals surface area contributed by atoms with Crippen molar-refractivity contribution in [2.45, 2.75) is 20.4 Å². The highest BCUT2D eigenvalue weighted by Gasteiger charge is 2.14. The second-order valence-corrected chi connectivity index (χ2v) is 5.73. The third kappa shape index (κ3) is 2.91. The van der Waals surface area contributed by atoms with Crippen LogP contribution in [-0.2, 0) is 6.54 Å². The summed E-state index contributed by atoms with van der Waals surface area (Å²) in [5, 5.41) is 15.1. The van der Waals surface area contributed by atoms with Crippen LogP contribution >= 0.6 is 11.3 Å². The number of para-hydroxylation sites is 1. The highest BCUT2D eigenvalue weighted by molar-refractivity contribution is 7.09. The van der Waals surface area contributed by atoms with Crippen LogP contribution in [-0.4, -0.2) is 23.1 Å². The predicted octanol–water partition coefficient (Wildman–Crippen LogP) is 2.49. The minimum absolute atomic E-state index is 0.116. The molecule has 0 atom stereocenters. The lowest BCUT2D eigenvalue weighted by atomic mass is 10.1. The molecule has 0 aliphatic rings. The highest BCUT2D eigenvalue weighted by atomic mass is 32.1. The van der Waals surface area contributed by atoms with Crippen molar-refractivity contribution in [2.24, 2.45) is 10.9 Å². The molecule has 5 nitrogen and oxygen atoms in total. The smallest absolute Gasteiger partial charge is 0.172 e. The fraction of sp³-hybridized carbons (Fsp3) is 0.286. The molecule has 0 saturated heterocycles. The zero-order chi connectivity index (χ0) is 14.7. The summed E-state index contributed by atoms with van der Waals surface area (Å²) in [6.45, 7) is 4.68. The molecule has 0 unspecified atom stereocenters. The molecule has 2 aromatic rings. The molecular weight excluding hydrogens is 272 g/mol. The first-order valence-corrected chi connectivity index (χ1v) is 7.10. The zero-order valence-electron chi connectivity index (χ0n) is 11.8. The summed E-state index contributed by atoms with van der Waals surface area (Å²) in [4.78, 5) is 6.53. The van der Waals surface area contributed by atoms with Gasteiger partial charge in [0.2, 0.25) is 0 Å². The maximum atomic E-state index is 8.91. The van der Waals surface area contributed by atoms with Gasteiger partial charge in [0.25, 0.3) is 0 Å². The molecule has 0 amide bonds. The Morgan fingerprint density at radius 3 is 2.80 bits per heavy atom. The summed E-state index contributed by atoms with van der Waals surface area (Å²) in [7, 11) is 1.98. The second kappa shape index (κ2) is 5.92. The fourth-order valence-corrected chi connectivity index (χ4v) is 2.83.